The third kappa shape index (κ3) is 4.05. The van der Waals surface area contributed by atoms with Crippen LogP contribution in [0.25, 0.3) is 0 Å². The summed E-state index contributed by atoms with van der Waals surface area (Å²) in [5.41, 5.74) is 1.20. The molecule has 13 heavy (non-hydrogen) atoms. The minimum atomic E-state index is 0.505. The van der Waals surface area contributed by atoms with E-state index in [1.165, 1.54) is 5.56 Å². The molecule has 0 amide bonds. The average Bonchev–Trinajstić information content (AvgIpc) is 2.51. The maximum absolute atomic E-state index is 3.89. The van der Waals surface area contributed by atoms with E-state index in [2.05, 4.69) is 41.4 Å². The first kappa shape index (κ1) is 10.2. The normalized spacial score (nSPS) is 13.5. The van der Waals surface area contributed by atoms with Crippen LogP contribution >= 0.6 is 0 Å². The number of aromatic nitrogens is 2. The van der Waals surface area contributed by atoms with Gasteiger partial charge in [-0.05, 0) is 21.0 Å². The lowest BCUT2D eigenvalue weighted by molar-refractivity contribution is 0.349. The van der Waals surface area contributed by atoms with Crippen LogP contribution in [0.2, 0.25) is 0 Å². The Bertz CT molecular complexity index is 218. The largest absolute Gasteiger partial charge is 0.309 e. The van der Waals surface area contributed by atoms with Gasteiger partial charge in [-0.15, -0.1) is 0 Å². The van der Waals surface area contributed by atoms with Gasteiger partial charge in [0.2, 0.25) is 0 Å². The molecule has 0 radical (unpaired) electrons. The van der Waals surface area contributed by atoms with Crippen LogP contribution in [0.15, 0.2) is 12.4 Å². The molecule has 0 aliphatic heterocycles. The molecule has 0 bridgehead atoms. The highest BCUT2D eigenvalue weighted by atomic mass is 15.1. The zero-order valence-corrected chi connectivity index (χ0v) is 8.54. The van der Waals surface area contributed by atoms with Gasteiger partial charge in [0.05, 0.1) is 6.20 Å². The summed E-state index contributed by atoms with van der Waals surface area (Å²) in [4.78, 5) is 2.17. The maximum atomic E-state index is 3.89. The quantitative estimate of drug-likeness (QED) is 0.695. The summed E-state index contributed by atoms with van der Waals surface area (Å²) >= 11 is 0. The Morgan fingerprint density at radius 3 is 2.92 bits per heavy atom. The Balaban J connectivity index is 2.19. The van der Waals surface area contributed by atoms with Gasteiger partial charge in [-0.2, -0.15) is 5.10 Å². The van der Waals surface area contributed by atoms with E-state index >= 15 is 0 Å². The summed E-state index contributed by atoms with van der Waals surface area (Å²) in [5.74, 6) is 0. The molecule has 1 heterocycles. The van der Waals surface area contributed by atoms with E-state index in [-0.39, 0.29) is 0 Å². The lowest BCUT2D eigenvalue weighted by atomic mass is 10.3. The number of H-pyrrole nitrogens is 1. The number of hydrogen-bond donors (Lipinski definition) is 2. The number of rotatable bonds is 5. The summed E-state index contributed by atoms with van der Waals surface area (Å²) in [6, 6.07) is 0.505. The SMILES string of the molecule is CC(CN(C)C)NCc1cn[nH]c1. The smallest absolute Gasteiger partial charge is 0.0532 e. The molecule has 0 aliphatic carbocycles. The van der Waals surface area contributed by atoms with Crippen LogP contribution in [-0.4, -0.2) is 41.8 Å². The predicted octanol–water partition coefficient (Wildman–Crippen LogP) is 0.449. The zero-order chi connectivity index (χ0) is 9.68. The molecule has 4 nitrogen and oxygen atoms in total. The van der Waals surface area contributed by atoms with Gasteiger partial charge in [0, 0.05) is 30.9 Å². The predicted molar refractivity (Wildman–Crippen MR) is 53.4 cm³/mol. The highest BCUT2D eigenvalue weighted by Gasteiger charge is 2.02. The maximum Gasteiger partial charge on any atom is 0.0532 e. The third-order valence-electron chi connectivity index (χ3n) is 1.85. The van der Waals surface area contributed by atoms with Crippen molar-refractivity contribution in [3.8, 4) is 0 Å². The minimum absolute atomic E-state index is 0.505. The molecule has 0 fully saturated rings. The molecule has 1 unspecified atom stereocenters. The molecule has 0 spiro atoms. The van der Waals surface area contributed by atoms with Crippen LogP contribution in [0.5, 0.6) is 0 Å². The number of likely N-dealkylation sites (N-methyl/N-ethyl adjacent to an activating group) is 1. The lowest BCUT2D eigenvalue weighted by Gasteiger charge is -2.17. The van der Waals surface area contributed by atoms with Crippen molar-refractivity contribution >= 4 is 0 Å². The number of nitrogens with zero attached hydrogens (tertiary/aromatic N) is 2. The monoisotopic (exact) mass is 182 g/mol. The second-order valence-electron chi connectivity index (χ2n) is 3.65. The van der Waals surface area contributed by atoms with Crippen molar-refractivity contribution in [3.63, 3.8) is 0 Å². The van der Waals surface area contributed by atoms with E-state index in [9.17, 15) is 0 Å². The Morgan fingerprint density at radius 2 is 2.38 bits per heavy atom. The Labute approximate surface area is 79.3 Å². The molecule has 1 atom stereocenters. The summed E-state index contributed by atoms with van der Waals surface area (Å²) in [6.45, 7) is 4.11. The van der Waals surface area contributed by atoms with Gasteiger partial charge in [0.25, 0.3) is 0 Å². The molecular formula is C9H18N4. The van der Waals surface area contributed by atoms with Gasteiger partial charge in [-0.3, -0.25) is 5.10 Å². The van der Waals surface area contributed by atoms with Crippen molar-refractivity contribution in [2.75, 3.05) is 20.6 Å². The molecule has 0 aromatic carbocycles. The molecule has 0 saturated heterocycles. The highest BCUT2D eigenvalue weighted by Crippen LogP contribution is 1.94. The van der Waals surface area contributed by atoms with E-state index in [4.69, 9.17) is 0 Å². The highest BCUT2D eigenvalue weighted by molar-refractivity contribution is 5.01. The van der Waals surface area contributed by atoms with Crippen molar-refractivity contribution in [1.29, 1.82) is 0 Å². The van der Waals surface area contributed by atoms with Gasteiger partial charge in [-0.25, -0.2) is 0 Å². The van der Waals surface area contributed by atoms with E-state index in [0.717, 1.165) is 13.1 Å². The van der Waals surface area contributed by atoms with Crippen LogP contribution in [0.4, 0.5) is 0 Å². The van der Waals surface area contributed by atoms with Crippen LogP contribution in [-0.2, 0) is 6.54 Å². The molecular weight excluding hydrogens is 164 g/mol. The zero-order valence-electron chi connectivity index (χ0n) is 8.54. The summed E-state index contributed by atoms with van der Waals surface area (Å²) in [6.07, 6.45) is 3.75. The molecule has 0 aliphatic rings. The first-order chi connectivity index (χ1) is 6.18. The lowest BCUT2D eigenvalue weighted by Crippen LogP contribution is -2.35. The van der Waals surface area contributed by atoms with Crippen LogP contribution in [0.3, 0.4) is 0 Å². The Hall–Kier alpha value is -0.870. The first-order valence-electron chi connectivity index (χ1n) is 4.54. The van der Waals surface area contributed by atoms with Crippen molar-refractivity contribution in [1.82, 2.24) is 20.4 Å². The molecule has 1 rings (SSSR count). The van der Waals surface area contributed by atoms with Crippen LogP contribution in [0.1, 0.15) is 12.5 Å². The Kier molecular flexibility index (Phi) is 3.92. The van der Waals surface area contributed by atoms with Crippen molar-refractivity contribution in [2.24, 2.45) is 0 Å². The van der Waals surface area contributed by atoms with E-state index in [1.807, 2.05) is 12.4 Å². The van der Waals surface area contributed by atoms with Crippen LogP contribution < -0.4 is 5.32 Å². The van der Waals surface area contributed by atoms with E-state index < -0.39 is 0 Å². The van der Waals surface area contributed by atoms with E-state index in [0.29, 0.717) is 6.04 Å². The minimum Gasteiger partial charge on any atom is -0.309 e. The standard InChI is InChI=1S/C9H18N4/c1-8(7-13(2)3)10-4-9-5-11-12-6-9/h5-6,8,10H,4,7H2,1-3H3,(H,11,12). The average molecular weight is 182 g/mol. The summed E-state index contributed by atoms with van der Waals surface area (Å²) in [7, 11) is 4.16. The summed E-state index contributed by atoms with van der Waals surface area (Å²) in [5, 5.41) is 10.1. The first-order valence-corrected chi connectivity index (χ1v) is 4.54. The van der Waals surface area contributed by atoms with Crippen molar-refractivity contribution in [2.45, 2.75) is 19.5 Å². The fraction of sp³-hybridized carbons (Fsp3) is 0.667. The number of hydrogen-bond acceptors (Lipinski definition) is 3. The second kappa shape index (κ2) is 4.99. The van der Waals surface area contributed by atoms with Gasteiger partial charge in [-0.1, -0.05) is 0 Å². The molecule has 74 valence electrons. The number of nitrogens with one attached hydrogen (secondary N) is 2. The van der Waals surface area contributed by atoms with Gasteiger partial charge in [0.1, 0.15) is 0 Å². The van der Waals surface area contributed by atoms with Crippen molar-refractivity contribution in [3.05, 3.63) is 18.0 Å². The third-order valence-corrected chi connectivity index (χ3v) is 1.85. The van der Waals surface area contributed by atoms with Gasteiger partial charge < -0.3 is 10.2 Å². The fourth-order valence-electron chi connectivity index (χ4n) is 1.28. The van der Waals surface area contributed by atoms with E-state index in [1.54, 1.807) is 0 Å². The van der Waals surface area contributed by atoms with Crippen molar-refractivity contribution < 1.29 is 0 Å². The number of aromatic amines is 1. The molecule has 0 saturated carbocycles. The topological polar surface area (TPSA) is 44.0 Å². The van der Waals surface area contributed by atoms with Gasteiger partial charge >= 0.3 is 0 Å². The summed E-state index contributed by atoms with van der Waals surface area (Å²) < 4.78 is 0. The molecule has 2 N–H and O–H groups in total. The molecule has 1 aromatic rings. The fourth-order valence-corrected chi connectivity index (χ4v) is 1.28. The molecule has 1 aromatic heterocycles. The van der Waals surface area contributed by atoms with Crippen LogP contribution in [0, 0.1) is 0 Å². The Morgan fingerprint density at radius 1 is 1.62 bits per heavy atom. The second-order valence-corrected chi connectivity index (χ2v) is 3.65. The molecule has 4 heteroatoms. The van der Waals surface area contributed by atoms with Gasteiger partial charge in [0.15, 0.2) is 0 Å².